The molecule has 0 aromatic heterocycles. The van der Waals surface area contributed by atoms with Crippen molar-refractivity contribution in [2.75, 3.05) is 0 Å². The smallest absolute Gasteiger partial charge is 0.0775 e. The Morgan fingerprint density at radius 2 is 1.84 bits per heavy atom. The topological polar surface area (TPSA) is 41.5 Å². The Morgan fingerprint density at radius 3 is 2.58 bits per heavy atom. The quantitative estimate of drug-likeness (QED) is 0.857. The van der Waals surface area contributed by atoms with E-state index in [0.717, 1.165) is 19.3 Å². The minimum atomic E-state index is -0.300. The maximum Gasteiger partial charge on any atom is 0.0775 e. The van der Waals surface area contributed by atoms with Crippen LogP contribution in [0, 0.1) is 0 Å². The van der Waals surface area contributed by atoms with Crippen LogP contribution in [0.2, 0.25) is 0 Å². The highest BCUT2D eigenvalue weighted by Crippen LogP contribution is 2.33. The summed E-state index contributed by atoms with van der Waals surface area (Å²) in [5.74, 6) is 0. The Kier molecular flexibility index (Phi) is 3.61. The maximum atomic E-state index is 10.3. The van der Waals surface area contributed by atoms with E-state index in [1.165, 1.54) is 11.1 Å². The van der Waals surface area contributed by atoms with Gasteiger partial charge in [0.1, 0.15) is 0 Å². The normalized spacial score (nSPS) is 38.2. The molecule has 2 unspecified atom stereocenters. The molecule has 104 valence electrons. The lowest BCUT2D eigenvalue weighted by molar-refractivity contribution is -0.0459. The van der Waals surface area contributed by atoms with E-state index in [-0.39, 0.29) is 12.1 Å². The summed E-state index contributed by atoms with van der Waals surface area (Å²) in [5.41, 5.74) is 2.54. The lowest BCUT2D eigenvalue weighted by Crippen LogP contribution is -2.44. The molecule has 19 heavy (non-hydrogen) atoms. The van der Waals surface area contributed by atoms with Crippen molar-refractivity contribution < 1.29 is 9.84 Å². The van der Waals surface area contributed by atoms with Gasteiger partial charge in [-0.05, 0) is 37.8 Å². The fourth-order valence-corrected chi connectivity index (χ4v) is 3.57. The van der Waals surface area contributed by atoms with Crippen LogP contribution >= 0.6 is 0 Å². The first-order valence-corrected chi connectivity index (χ1v) is 7.31. The van der Waals surface area contributed by atoms with E-state index in [2.05, 4.69) is 37.4 Å². The predicted molar refractivity (Wildman–Crippen MR) is 75.1 cm³/mol. The fourth-order valence-electron chi connectivity index (χ4n) is 3.57. The van der Waals surface area contributed by atoms with Gasteiger partial charge in [0.25, 0.3) is 0 Å². The number of fused-ring (bicyclic) bond motifs is 1. The number of nitrogens with one attached hydrogen (secondary N) is 1. The molecule has 1 aromatic rings. The molecule has 1 aromatic carbocycles. The van der Waals surface area contributed by atoms with Crippen LogP contribution in [0.5, 0.6) is 0 Å². The van der Waals surface area contributed by atoms with E-state index < -0.39 is 0 Å². The molecule has 0 saturated carbocycles. The highest BCUT2D eigenvalue weighted by Gasteiger charge is 2.34. The molecule has 3 nitrogen and oxygen atoms in total. The molecule has 0 spiro atoms. The van der Waals surface area contributed by atoms with Gasteiger partial charge in [-0.3, -0.25) is 0 Å². The van der Waals surface area contributed by atoms with Crippen LogP contribution in [0.3, 0.4) is 0 Å². The molecule has 1 aliphatic carbocycles. The molecule has 3 heteroatoms. The first-order chi connectivity index (χ1) is 9.13. The molecule has 1 saturated heterocycles. The zero-order chi connectivity index (χ0) is 13.4. The molecule has 1 heterocycles. The van der Waals surface area contributed by atoms with Crippen molar-refractivity contribution in [2.45, 2.75) is 63.5 Å². The third kappa shape index (κ3) is 2.69. The van der Waals surface area contributed by atoms with Crippen molar-refractivity contribution in [3.8, 4) is 0 Å². The van der Waals surface area contributed by atoms with Crippen molar-refractivity contribution >= 4 is 0 Å². The molecule has 4 atom stereocenters. The van der Waals surface area contributed by atoms with Gasteiger partial charge in [-0.25, -0.2) is 0 Å². The number of benzene rings is 1. The second kappa shape index (κ2) is 5.23. The lowest BCUT2D eigenvalue weighted by Gasteiger charge is -2.35. The number of rotatable bonds is 2. The van der Waals surface area contributed by atoms with Gasteiger partial charge in [0.2, 0.25) is 0 Å². The Hall–Kier alpha value is -0.900. The van der Waals surface area contributed by atoms with Crippen LogP contribution in [-0.4, -0.2) is 29.5 Å². The van der Waals surface area contributed by atoms with Crippen molar-refractivity contribution in [3.05, 3.63) is 35.4 Å². The van der Waals surface area contributed by atoms with Crippen molar-refractivity contribution in [3.63, 3.8) is 0 Å². The summed E-state index contributed by atoms with van der Waals surface area (Å²) >= 11 is 0. The maximum absolute atomic E-state index is 10.3. The van der Waals surface area contributed by atoms with Gasteiger partial charge in [-0.1, -0.05) is 24.3 Å². The number of ether oxygens (including phenoxy) is 1. The van der Waals surface area contributed by atoms with Gasteiger partial charge in [-0.15, -0.1) is 0 Å². The van der Waals surface area contributed by atoms with Crippen molar-refractivity contribution in [2.24, 2.45) is 0 Å². The van der Waals surface area contributed by atoms with E-state index in [4.69, 9.17) is 4.74 Å². The standard InChI is InChI=1S/C16H23NO2/c1-10-7-13(8-11(2)19-10)17-16-14-6-4-3-5-12(14)9-15(16)18/h3-6,10-11,13,15-18H,7-9H2,1-2H3/t10?,11?,13?,15-,16+/m0/s1. The second-order valence-electron chi connectivity index (χ2n) is 6.04. The average Bonchev–Trinajstić information content (AvgIpc) is 2.65. The van der Waals surface area contributed by atoms with E-state index in [1.54, 1.807) is 0 Å². The van der Waals surface area contributed by atoms with Crippen LogP contribution in [0.1, 0.15) is 43.9 Å². The van der Waals surface area contributed by atoms with Gasteiger partial charge in [0.05, 0.1) is 24.4 Å². The molecular formula is C16H23NO2. The first kappa shape index (κ1) is 13.1. The summed E-state index contributed by atoms with van der Waals surface area (Å²) in [6.07, 6.45) is 3.11. The molecule has 1 aliphatic heterocycles. The molecule has 3 rings (SSSR count). The summed E-state index contributed by atoms with van der Waals surface area (Å²) in [7, 11) is 0. The third-order valence-electron chi connectivity index (χ3n) is 4.32. The minimum Gasteiger partial charge on any atom is -0.391 e. The van der Waals surface area contributed by atoms with Crippen LogP contribution in [-0.2, 0) is 11.2 Å². The summed E-state index contributed by atoms with van der Waals surface area (Å²) in [4.78, 5) is 0. The second-order valence-corrected chi connectivity index (χ2v) is 6.04. The van der Waals surface area contributed by atoms with E-state index in [9.17, 15) is 5.11 Å². The molecule has 0 bridgehead atoms. The number of hydrogen-bond donors (Lipinski definition) is 2. The molecule has 2 N–H and O–H groups in total. The monoisotopic (exact) mass is 261 g/mol. The fraction of sp³-hybridized carbons (Fsp3) is 0.625. The summed E-state index contributed by atoms with van der Waals surface area (Å²) in [5, 5.41) is 13.9. The molecule has 0 radical (unpaired) electrons. The van der Waals surface area contributed by atoms with Crippen LogP contribution in [0.4, 0.5) is 0 Å². The van der Waals surface area contributed by atoms with Gasteiger partial charge in [0.15, 0.2) is 0 Å². The van der Waals surface area contributed by atoms with E-state index in [1.807, 2.05) is 6.07 Å². The highest BCUT2D eigenvalue weighted by molar-refractivity contribution is 5.36. The Bertz CT molecular complexity index is 438. The highest BCUT2D eigenvalue weighted by atomic mass is 16.5. The summed E-state index contributed by atoms with van der Waals surface area (Å²) in [6.45, 7) is 4.26. The summed E-state index contributed by atoms with van der Waals surface area (Å²) < 4.78 is 5.77. The number of aliphatic hydroxyl groups excluding tert-OH is 1. The number of hydrogen-bond acceptors (Lipinski definition) is 3. The lowest BCUT2D eigenvalue weighted by atomic mass is 9.97. The Balaban J connectivity index is 1.73. The van der Waals surface area contributed by atoms with Crippen LogP contribution < -0.4 is 5.32 Å². The van der Waals surface area contributed by atoms with Crippen molar-refractivity contribution in [1.82, 2.24) is 5.32 Å². The first-order valence-electron chi connectivity index (χ1n) is 7.31. The molecule has 0 amide bonds. The molecule has 2 aliphatic rings. The predicted octanol–water partition coefficient (Wildman–Crippen LogP) is 2.19. The third-order valence-corrected chi connectivity index (χ3v) is 4.32. The number of aliphatic hydroxyl groups is 1. The van der Waals surface area contributed by atoms with E-state index >= 15 is 0 Å². The van der Waals surface area contributed by atoms with E-state index in [0.29, 0.717) is 18.2 Å². The Morgan fingerprint density at radius 1 is 1.16 bits per heavy atom. The van der Waals surface area contributed by atoms with Gasteiger partial charge >= 0.3 is 0 Å². The van der Waals surface area contributed by atoms with Gasteiger partial charge in [0, 0.05) is 12.5 Å². The average molecular weight is 261 g/mol. The zero-order valence-corrected chi connectivity index (χ0v) is 11.7. The molecular weight excluding hydrogens is 238 g/mol. The largest absolute Gasteiger partial charge is 0.391 e. The zero-order valence-electron chi connectivity index (χ0n) is 11.7. The minimum absolute atomic E-state index is 0.0821. The van der Waals surface area contributed by atoms with Crippen molar-refractivity contribution in [1.29, 1.82) is 0 Å². The SMILES string of the molecule is CC1CC(N[C@@H]2c3ccccc3C[C@@H]2O)CC(C)O1. The van der Waals surface area contributed by atoms with Crippen LogP contribution in [0.25, 0.3) is 0 Å². The van der Waals surface area contributed by atoms with Gasteiger partial charge < -0.3 is 15.2 Å². The van der Waals surface area contributed by atoms with Gasteiger partial charge in [-0.2, -0.15) is 0 Å². The summed E-state index contributed by atoms with van der Waals surface area (Å²) in [6, 6.07) is 8.88. The Labute approximate surface area is 115 Å². The molecule has 1 fully saturated rings. The van der Waals surface area contributed by atoms with Crippen LogP contribution in [0.15, 0.2) is 24.3 Å².